The van der Waals surface area contributed by atoms with E-state index >= 15 is 0 Å². The molecule has 0 amide bonds. The van der Waals surface area contributed by atoms with Crippen LogP contribution in [0.5, 0.6) is 11.6 Å². The zero-order chi connectivity index (χ0) is 15.6. The van der Waals surface area contributed by atoms with Gasteiger partial charge in [0.25, 0.3) is 5.69 Å². The maximum Gasteiger partial charge on any atom is 0.341 e. The molecule has 7 nitrogen and oxygen atoms in total. The van der Waals surface area contributed by atoms with E-state index in [4.69, 9.17) is 9.84 Å². The first-order valence-corrected chi connectivity index (χ1v) is 6.00. The number of rotatable bonds is 4. The molecule has 0 unspecified atom stereocenters. The van der Waals surface area contributed by atoms with Gasteiger partial charge in [-0.2, -0.15) is 0 Å². The third kappa shape index (κ3) is 3.33. The number of pyridine rings is 1. The van der Waals surface area contributed by atoms with Gasteiger partial charge in [-0.3, -0.25) is 10.1 Å². The standard InChI is InChI=1S/C14H12N2O5/c1-8-3-9(2)5-11(4-8)21-13-12(14(17)18)6-10(7-15-13)16(19)20/h3-7H,1-2H3,(H,17,18). The fourth-order valence-electron chi connectivity index (χ4n) is 1.88. The van der Waals surface area contributed by atoms with Gasteiger partial charge in [0.1, 0.15) is 17.5 Å². The van der Waals surface area contributed by atoms with Crippen LogP contribution in [-0.2, 0) is 0 Å². The number of benzene rings is 1. The zero-order valence-electron chi connectivity index (χ0n) is 11.4. The SMILES string of the molecule is Cc1cc(C)cc(Oc2ncc([N+](=O)[O-])cc2C(=O)O)c1. The first-order valence-electron chi connectivity index (χ1n) is 6.00. The highest BCUT2D eigenvalue weighted by Crippen LogP contribution is 2.27. The summed E-state index contributed by atoms with van der Waals surface area (Å²) in [5.74, 6) is -1.10. The van der Waals surface area contributed by atoms with Crippen LogP contribution >= 0.6 is 0 Å². The summed E-state index contributed by atoms with van der Waals surface area (Å²) < 4.78 is 5.45. The number of ether oxygens (including phenoxy) is 1. The Morgan fingerprint density at radius 3 is 2.38 bits per heavy atom. The van der Waals surface area contributed by atoms with Gasteiger partial charge in [-0.1, -0.05) is 6.07 Å². The average Bonchev–Trinajstić information content (AvgIpc) is 2.37. The first-order chi connectivity index (χ1) is 9.86. The van der Waals surface area contributed by atoms with Gasteiger partial charge in [-0.25, -0.2) is 9.78 Å². The van der Waals surface area contributed by atoms with Crippen molar-refractivity contribution in [2.75, 3.05) is 0 Å². The number of aryl methyl sites for hydroxylation is 2. The van der Waals surface area contributed by atoms with Crippen molar-refractivity contribution in [2.24, 2.45) is 0 Å². The number of carboxylic acids is 1. The van der Waals surface area contributed by atoms with Gasteiger partial charge >= 0.3 is 5.97 Å². The maximum atomic E-state index is 11.2. The number of hydrogen-bond donors (Lipinski definition) is 1. The number of nitro groups is 1. The average molecular weight is 288 g/mol. The molecule has 108 valence electrons. The van der Waals surface area contributed by atoms with E-state index in [0.717, 1.165) is 23.4 Å². The van der Waals surface area contributed by atoms with E-state index in [9.17, 15) is 14.9 Å². The number of hydrogen-bond acceptors (Lipinski definition) is 5. The van der Waals surface area contributed by atoms with Crippen LogP contribution in [0.3, 0.4) is 0 Å². The van der Waals surface area contributed by atoms with Crippen molar-refractivity contribution < 1.29 is 19.6 Å². The summed E-state index contributed by atoms with van der Waals surface area (Å²) in [5.41, 5.74) is 1.14. The highest BCUT2D eigenvalue weighted by molar-refractivity contribution is 5.91. The molecule has 0 radical (unpaired) electrons. The molecule has 1 N–H and O–H groups in total. The molecular weight excluding hydrogens is 276 g/mol. The molecule has 0 atom stereocenters. The molecule has 0 spiro atoms. The molecule has 1 aromatic heterocycles. The molecule has 0 bridgehead atoms. The lowest BCUT2D eigenvalue weighted by Gasteiger charge is -2.09. The minimum Gasteiger partial charge on any atom is -0.477 e. The second-order valence-electron chi connectivity index (χ2n) is 4.53. The second kappa shape index (κ2) is 5.58. The molecule has 0 aliphatic heterocycles. The van der Waals surface area contributed by atoms with Crippen molar-refractivity contribution in [3.8, 4) is 11.6 Å². The monoisotopic (exact) mass is 288 g/mol. The van der Waals surface area contributed by atoms with Crippen molar-refractivity contribution in [2.45, 2.75) is 13.8 Å². The maximum absolute atomic E-state index is 11.2. The largest absolute Gasteiger partial charge is 0.477 e. The molecule has 0 saturated heterocycles. The summed E-state index contributed by atoms with van der Waals surface area (Å²) >= 11 is 0. The van der Waals surface area contributed by atoms with E-state index in [-0.39, 0.29) is 11.4 Å². The van der Waals surface area contributed by atoms with Gasteiger partial charge in [0.2, 0.25) is 5.88 Å². The lowest BCUT2D eigenvalue weighted by molar-refractivity contribution is -0.385. The van der Waals surface area contributed by atoms with Crippen LogP contribution in [0.25, 0.3) is 0 Å². The predicted molar refractivity (Wildman–Crippen MR) is 73.8 cm³/mol. The van der Waals surface area contributed by atoms with Crippen LogP contribution in [0, 0.1) is 24.0 Å². The number of carboxylic acid groups (broad SMARTS) is 1. The number of aromatic carboxylic acids is 1. The van der Waals surface area contributed by atoms with E-state index in [1.165, 1.54) is 0 Å². The van der Waals surface area contributed by atoms with Crippen molar-refractivity contribution in [1.82, 2.24) is 4.98 Å². The summed E-state index contributed by atoms with van der Waals surface area (Å²) in [5, 5.41) is 19.8. The molecule has 7 heteroatoms. The summed E-state index contributed by atoms with van der Waals surface area (Å²) in [6.07, 6.45) is 0.963. The smallest absolute Gasteiger partial charge is 0.341 e. The molecular formula is C14H12N2O5. The molecule has 0 fully saturated rings. The Morgan fingerprint density at radius 2 is 1.86 bits per heavy atom. The fraction of sp³-hybridized carbons (Fsp3) is 0.143. The molecule has 21 heavy (non-hydrogen) atoms. The van der Waals surface area contributed by atoms with Crippen molar-refractivity contribution in [3.63, 3.8) is 0 Å². The number of carbonyl (C=O) groups is 1. The summed E-state index contributed by atoms with van der Waals surface area (Å²) in [6.45, 7) is 3.75. The van der Waals surface area contributed by atoms with Crippen molar-refractivity contribution in [3.05, 3.63) is 57.3 Å². The van der Waals surface area contributed by atoms with Crippen LogP contribution in [0.1, 0.15) is 21.5 Å². The number of nitrogens with zero attached hydrogens (tertiary/aromatic N) is 2. The molecule has 2 rings (SSSR count). The van der Waals surface area contributed by atoms with E-state index < -0.39 is 16.6 Å². The fourth-order valence-corrected chi connectivity index (χ4v) is 1.88. The predicted octanol–water partition coefficient (Wildman–Crippen LogP) is 3.10. The zero-order valence-corrected chi connectivity index (χ0v) is 11.4. The highest BCUT2D eigenvalue weighted by atomic mass is 16.6. The Bertz CT molecular complexity index is 707. The topological polar surface area (TPSA) is 103 Å². The van der Waals surface area contributed by atoms with E-state index in [0.29, 0.717) is 5.75 Å². The van der Waals surface area contributed by atoms with Crippen LogP contribution in [0.15, 0.2) is 30.5 Å². The van der Waals surface area contributed by atoms with Crippen LogP contribution in [0.2, 0.25) is 0 Å². The van der Waals surface area contributed by atoms with Gasteiger partial charge < -0.3 is 9.84 Å². The van der Waals surface area contributed by atoms with Gasteiger partial charge in [0.05, 0.1) is 4.92 Å². The molecule has 0 aliphatic carbocycles. The normalized spacial score (nSPS) is 10.2. The Morgan fingerprint density at radius 1 is 1.24 bits per heavy atom. The third-order valence-corrected chi connectivity index (χ3v) is 2.69. The quantitative estimate of drug-likeness (QED) is 0.685. The molecule has 1 aromatic carbocycles. The van der Waals surface area contributed by atoms with Crippen molar-refractivity contribution >= 4 is 11.7 Å². The van der Waals surface area contributed by atoms with E-state index in [2.05, 4.69) is 4.98 Å². The third-order valence-electron chi connectivity index (χ3n) is 2.69. The van der Waals surface area contributed by atoms with Crippen LogP contribution in [-0.4, -0.2) is 21.0 Å². The minimum absolute atomic E-state index is 0.182. The van der Waals surface area contributed by atoms with Gasteiger partial charge in [0.15, 0.2) is 0 Å². The van der Waals surface area contributed by atoms with Crippen LogP contribution in [0.4, 0.5) is 5.69 Å². The van der Waals surface area contributed by atoms with Crippen LogP contribution < -0.4 is 4.74 Å². The lowest BCUT2D eigenvalue weighted by Crippen LogP contribution is -2.04. The van der Waals surface area contributed by atoms with E-state index in [1.807, 2.05) is 19.9 Å². The Kier molecular flexibility index (Phi) is 3.84. The molecule has 0 saturated carbocycles. The molecule has 0 aliphatic rings. The van der Waals surface area contributed by atoms with Gasteiger partial charge in [0, 0.05) is 6.07 Å². The Labute approximate surface area is 120 Å². The summed E-state index contributed by atoms with van der Waals surface area (Å²) in [4.78, 5) is 24.9. The van der Waals surface area contributed by atoms with Crippen molar-refractivity contribution in [1.29, 1.82) is 0 Å². The van der Waals surface area contributed by atoms with Gasteiger partial charge in [-0.15, -0.1) is 0 Å². The minimum atomic E-state index is -1.34. The molecule has 1 heterocycles. The summed E-state index contributed by atoms with van der Waals surface area (Å²) in [7, 11) is 0. The Balaban J connectivity index is 2.43. The highest BCUT2D eigenvalue weighted by Gasteiger charge is 2.19. The van der Waals surface area contributed by atoms with E-state index in [1.54, 1.807) is 12.1 Å². The Hall–Kier alpha value is -2.96. The molecule has 2 aromatic rings. The lowest BCUT2D eigenvalue weighted by atomic mass is 10.1. The number of aromatic nitrogens is 1. The second-order valence-corrected chi connectivity index (χ2v) is 4.53. The van der Waals surface area contributed by atoms with Gasteiger partial charge in [-0.05, 0) is 37.1 Å². The summed E-state index contributed by atoms with van der Waals surface area (Å²) in [6, 6.07) is 6.31. The first kappa shape index (κ1) is 14.4.